The predicted octanol–water partition coefficient (Wildman–Crippen LogP) is 8.24. The van der Waals surface area contributed by atoms with Gasteiger partial charge in [-0.15, -0.1) is 0 Å². The molecule has 0 spiro atoms. The summed E-state index contributed by atoms with van der Waals surface area (Å²) in [6.45, 7) is 19.3. The predicted molar refractivity (Wildman–Crippen MR) is 253 cm³/mol. The number of unbranched alkanes of at least 4 members (excludes halogenated alkanes) is 6. The highest BCUT2D eigenvalue weighted by molar-refractivity contribution is 7.09. The Morgan fingerprint density at radius 1 is 0.576 bits per heavy atom. The fourth-order valence-electron chi connectivity index (χ4n) is 8.26. The van der Waals surface area contributed by atoms with Crippen LogP contribution in [0, 0.1) is 5.92 Å². The van der Waals surface area contributed by atoms with Gasteiger partial charge < -0.3 is 66.5 Å². The molecule has 3 fully saturated rings. The van der Waals surface area contributed by atoms with Crippen molar-refractivity contribution in [3.8, 4) is 0 Å². The summed E-state index contributed by atoms with van der Waals surface area (Å²) in [7, 11) is 2.32. The van der Waals surface area contributed by atoms with E-state index in [9.17, 15) is 9.90 Å². The van der Waals surface area contributed by atoms with E-state index in [0.29, 0.717) is 39.6 Å². The van der Waals surface area contributed by atoms with Crippen molar-refractivity contribution in [2.24, 2.45) is 5.92 Å². The van der Waals surface area contributed by atoms with Crippen molar-refractivity contribution >= 4 is 15.4 Å². The second-order valence-electron chi connectivity index (χ2n) is 17.8. The van der Waals surface area contributed by atoms with Gasteiger partial charge in [0.2, 0.25) is 0 Å². The minimum atomic E-state index is -1.42. The Morgan fingerprint density at radius 2 is 1.09 bits per heavy atom. The molecule has 16 atom stereocenters. The van der Waals surface area contributed by atoms with Crippen LogP contribution in [0.4, 0.5) is 0 Å². The first kappa shape index (κ1) is 57.2. The highest BCUT2D eigenvalue weighted by Gasteiger charge is 2.57. The minimum absolute atomic E-state index is 0.0174. The normalized spacial score (nSPS) is 32.7. The number of hydrogen-bond donors (Lipinski definition) is 1. The molecule has 0 bridgehead atoms. The smallest absolute Gasteiger partial charge is 0.338 e. The van der Waals surface area contributed by atoms with Crippen LogP contribution >= 0.6 is 9.47 Å². The molecular weight excluding hydrogens is 872 g/mol. The lowest BCUT2D eigenvalue weighted by atomic mass is 9.91. The Hall–Kier alpha value is -1.40. The van der Waals surface area contributed by atoms with Gasteiger partial charge >= 0.3 is 5.97 Å². The third-order valence-corrected chi connectivity index (χ3v) is 12.6. The second-order valence-corrected chi connectivity index (χ2v) is 18.1. The molecule has 3 saturated heterocycles. The van der Waals surface area contributed by atoms with Gasteiger partial charge in [-0.3, -0.25) is 0 Å². The van der Waals surface area contributed by atoms with Gasteiger partial charge in [-0.25, -0.2) is 4.79 Å². The van der Waals surface area contributed by atoms with E-state index in [1.54, 1.807) is 0 Å². The maximum absolute atomic E-state index is 14.7. The maximum Gasteiger partial charge on any atom is 0.338 e. The van der Waals surface area contributed by atoms with Crippen LogP contribution in [0.1, 0.15) is 138 Å². The summed E-state index contributed by atoms with van der Waals surface area (Å²) >= 11 is 0. The SMILES string of the molecule is CCCCOCC1O[C@@H](OP)[C@@H](C)C(O[C@@H]2OC(C(=O)OCc3ccccc3)[C@H](O[C@@H]3O[C@@H](C)[C@H](OCCCC)C(OCCCC)C3O)C(OCCCC)[C@@H]2OCCCC)[C@H]1OCCCC. The van der Waals surface area contributed by atoms with Crippen LogP contribution < -0.4 is 0 Å². The number of hydrogen-bond acceptors (Lipinski definition) is 15. The highest BCUT2D eigenvalue weighted by atomic mass is 31.0. The van der Waals surface area contributed by atoms with Crippen molar-refractivity contribution < 1.29 is 71.3 Å². The molecule has 1 N–H and O–H groups in total. The van der Waals surface area contributed by atoms with E-state index in [1.807, 2.05) is 44.2 Å². The van der Waals surface area contributed by atoms with Gasteiger partial charge in [0.25, 0.3) is 0 Å². The van der Waals surface area contributed by atoms with Gasteiger partial charge in [0, 0.05) is 55.0 Å². The molecule has 1 aromatic carbocycles. The van der Waals surface area contributed by atoms with E-state index >= 15 is 0 Å². The second kappa shape index (κ2) is 32.5. The first-order chi connectivity index (χ1) is 32.2. The molecule has 0 amide bonds. The molecule has 3 aliphatic rings. The molecule has 1 aromatic rings. The number of ether oxygens (including phenoxy) is 12. The Bertz CT molecular complexity index is 1400. The van der Waals surface area contributed by atoms with Crippen LogP contribution in [0.5, 0.6) is 0 Å². The third kappa shape index (κ3) is 17.5. The highest BCUT2D eigenvalue weighted by Crippen LogP contribution is 2.39. The van der Waals surface area contributed by atoms with E-state index in [-0.39, 0.29) is 19.1 Å². The average molecular weight is 959 g/mol. The zero-order chi connectivity index (χ0) is 47.7. The van der Waals surface area contributed by atoms with Crippen LogP contribution in [0.15, 0.2) is 30.3 Å². The minimum Gasteiger partial charge on any atom is -0.459 e. The van der Waals surface area contributed by atoms with Crippen LogP contribution in [0.25, 0.3) is 0 Å². The summed E-state index contributed by atoms with van der Waals surface area (Å²) in [5, 5.41) is 12.1. The Kier molecular flexibility index (Phi) is 28.1. The molecule has 66 heavy (non-hydrogen) atoms. The number of aliphatic hydroxyl groups excluding tert-OH is 1. The van der Waals surface area contributed by atoms with Crippen molar-refractivity contribution in [2.75, 3.05) is 46.2 Å². The van der Waals surface area contributed by atoms with E-state index in [4.69, 9.17) is 61.4 Å². The summed E-state index contributed by atoms with van der Waals surface area (Å²) < 4.78 is 84.7. The zero-order valence-electron chi connectivity index (χ0n) is 41.4. The molecule has 16 heteroatoms. The molecule has 4 rings (SSSR count). The van der Waals surface area contributed by atoms with Crippen molar-refractivity contribution in [1.29, 1.82) is 0 Å². The molecule has 382 valence electrons. The molecule has 0 saturated carbocycles. The van der Waals surface area contributed by atoms with Gasteiger partial charge in [-0.05, 0) is 51.0 Å². The fourth-order valence-corrected chi connectivity index (χ4v) is 8.58. The first-order valence-corrected chi connectivity index (χ1v) is 25.8. The quantitative estimate of drug-likeness (QED) is 0.0408. The summed E-state index contributed by atoms with van der Waals surface area (Å²) in [4.78, 5) is 14.7. The molecular formula is C50H87O15P. The molecule has 7 unspecified atom stereocenters. The topological polar surface area (TPSA) is 157 Å². The average Bonchev–Trinajstić information content (AvgIpc) is 3.32. The van der Waals surface area contributed by atoms with E-state index in [2.05, 4.69) is 51.0 Å². The van der Waals surface area contributed by atoms with Gasteiger partial charge in [-0.1, -0.05) is 117 Å². The standard InChI is InChI=1S/C50H87O15P/c1-9-15-26-53-33-37-41(55-28-17-11-3)39(34(7)48(61-37)65-66)62-50-46(58-31-20-14-6)43(57-30-19-13-5)44(45(64-50)47(52)59-32-36-24-22-21-23-25-36)63-49-38(51)42(56-29-18-12-4)40(35(8)60-49)54-27-16-10-2/h21-25,34-35,37-46,48-51H,9-20,26-33,66H2,1-8H3/t34-,35-,37?,38?,39?,40-,41-,42?,43?,44+,45?,46-,48-,49-,50+/m0/s1. The lowest BCUT2D eigenvalue weighted by Gasteiger charge is -2.50. The monoisotopic (exact) mass is 959 g/mol. The van der Waals surface area contributed by atoms with E-state index < -0.39 is 92.0 Å². The lowest BCUT2D eigenvalue weighted by Crippen LogP contribution is -2.67. The van der Waals surface area contributed by atoms with Crippen molar-refractivity contribution in [3.05, 3.63) is 35.9 Å². The van der Waals surface area contributed by atoms with Crippen LogP contribution in [0.3, 0.4) is 0 Å². The van der Waals surface area contributed by atoms with Crippen molar-refractivity contribution in [3.63, 3.8) is 0 Å². The number of aliphatic hydroxyl groups is 1. The number of esters is 1. The first-order valence-electron chi connectivity index (χ1n) is 25.3. The van der Waals surface area contributed by atoms with Crippen molar-refractivity contribution in [2.45, 2.75) is 225 Å². The fraction of sp³-hybridized carbons (Fsp3) is 0.860. The molecule has 3 aliphatic heterocycles. The molecule has 0 aliphatic carbocycles. The Balaban J connectivity index is 1.79. The van der Waals surface area contributed by atoms with Crippen LogP contribution in [0.2, 0.25) is 0 Å². The van der Waals surface area contributed by atoms with Crippen LogP contribution in [-0.4, -0.2) is 143 Å². The largest absolute Gasteiger partial charge is 0.459 e. The van der Waals surface area contributed by atoms with Gasteiger partial charge in [0.15, 0.2) is 25.0 Å². The summed E-state index contributed by atoms with van der Waals surface area (Å²) in [6, 6.07) is 9.43. The van der Waals surface area contributed by atoms with Gasteiger partial charge in [0.1, 0.15) is 55.4 Å². The zero-order valence-corrected chi connectivity index (χ0v) is 42.6. The van der Waals surface area contributed by atoms with Crippen molar-refractivity contribution in [1.82, 2.24) is 0 Å². The summed E-state index contributed by atoms with van der Waals surface area (Å²) in [5.74, 6) is -1.07. The summed E-state index contributed by atoms with van der Waals surface area (Å²) in [6.07, 6.45) is -2.21. The third-order valence-electron chi connectivity index (χ3n) is 12.3. The number of carbonyl (C=O) groups excluding carboxylic acids is 1. The van der Waals surface area contributed by atoms with E-state index in [0.717, 1.165) is 82.6 Å². The van der Waals surface area contributed by atoms with Gasteiger partial charge in [0.05, 0.1) is 18.8 Å². The maximum atomic E-state index is 14.7. The molecule has 15 nitrogen and oxygen atoms in total. The lowest BCUT2D eigenvalue weighted by molar-refractivity contribution is -0.377. The number of benzene rings is 1. The number of rotatable bonds is 33. The molecule has 3 heterocycles. The van der Waals surface area contributed by atoms with Gasteiger partial charge in [-0.2, -0.15) is 0 Å². The molecule has 0 aromatic heterocycles. The number of carbonyl (C=O) groups is 1. The Morgan fingerprint density at radius 3 is 1.67 bits per heavy atom. The molecule has 0 radical (unpaired) electrons. The summed E-state index contributed by atoms with van der Waals surface area (Å²) in [5.41, 5.74) is 0.795. The van der Waals surface area contributed by atoms with E-state index in [1.165, 1.54) is 0 Å². The Labute approximate surface area is 398 Å². The van der Waals surface area contributed by atoms with Crippen LogP contribution in [-0.2, 0) is 72.8 Å².